The molecule has 0 aliphatic carbocycles. The molecule has 0 spiro atoms. The Morgan fingerprint density at radius 1 is 1.24 bits per heavy atom. The Morgan fingerprint density at radius 2 is 2.00 bits per heavy atom. The van der Waals surface area contributed by atoms with Gasteiger partial charge in [-0.15, -0.1) is 0 Å². The molecule has 0 aliphatic rings. The van der Waals surface area contributed by atoms with Crippen molar-refractivity contribution in [3.05, 3.63) is 29.6 Å². The molecule has 1 rings (SSSR count). The Labute approximate surface area is 121 Å². The maximum Gasteiger partial charge on any atom is 0.337 e. The molecule has 0 unspecified atom stereocenters. The highest BCUT2D eigenvalue weighted by atomic mass is 16.5. The predicted octanol–water partition coefficient (Wildman–Crippen LogP) is -0.338. The fraction of sp³-hybridized carbons (Fsp3) is 0.385. The zero-order valence-electron chi connectivity index (χ0n) is 11.6. The van der Waals surface area contributed by atoms with Gasteiger partial charge in [-0.1, -0.05) is 0 Å². The van der Waals surface area contributed by atoms with Crippen LogP contribution in [0.5, 0.6) is 0 Å². The molecule has 0 atom stereocenters. The third-order valence-corrected chi connectivity index (χ3v) is 2.51. The van der Waals surface area contributed by atoms with E-state index in [1.165, 1.54) is 19.2 Å². The fourth-order valence-corrected chi connectivity index (χ4v) is 1.42. The number of nitrogens with zero attached hydrogens (tertiary/aromatic N) is 1. The van der Waals surface area contributed by atoms with Crippen molar-refractivity contribution in [1.82, 2.24) is 15.6 Å². The molecule has 0 radical (unpaired) electrons. The molecular formula is C13H17N3O5. The van der Waals surface area contributed by atoms with Gasteiger partial charge in [0.2, 0.25) is 5.91 Å². The molecule has 1 aromatic rings. The lowest BCUT2D eigenvalue weighted by atomic mass is 10.2. The molecule has 0 fully saturated rings. The number of methoxy groups -OCH3 is 1. The Balaban J connectivity index is 2.33. The van der Waals surface area contributed by atoms with Crippen LogP contribution in [-0.4, -0.2) is 54.7 Å². The first-order chi connectivity index (χ1) is 10.0. The number of aromatic nitrogens is 1. The molecule has 21 heavy (non-hydrogen) atoms. The van der Waals surface area contributed by atoms with Crippen LogP contribution in [-0.2, 0) is 9.53 Å². The Hall–Kier alpha value is -2.48. The van der Waals surface area contributed by atoms with E-state index in [0.29, 0.717) is 13.2 Å². The molecule has 2 amide bonds. The molecule has 3 N–H and O–H groups in total. The van der Waals surface area contributed by atoms with Crippen LogP contribution in [0, 0.1) is 0 Å². The third-order valence-electron chi connectivity index (χ3n) is 2.51. The molecule has 0 aromatic carbocycles. The standard InChI is InChI=1S/C13H17N3O5/c1-21-7-6-14-11(17)4-5-15-12(18)10-3-2-9(8-16-10)13(19)20/h2-3,8H,4-7H2,1H3,(H,14,17)(H,15,18)(H,19,20). The third kappa shape index (κ3) is 6.00. The minimum atomic E-state index is -1.11. The molecular weight excluding hydrogens is 278 g/mol. The first-order valence-electron chi connectivity index (χ1n) is 6.27. The van der Waals surface area contributed by atoms with E-state index in [4.69, 9.17) is 9.84 Å². The number of carboxylic acid groups (broad SMARTS) is 1. The van der Waals surface area contributed by atoms with Crippen molar-refractivity contribution < 1.29 is 24.2 Å². The van der Waals surface area contributed by atoms with Gasteiger partial charge >= 0.3 is 5.97 Å². The van der Waals surface area contributed by atoms with Crippen LogP contribution in [0.1, 0.15) is 27.3 Å². The molecule has 8 heteroatoms. The summed E-state index contributed by atoms with van der Waals surface area (Å²) in [7, 11) is 1.54. The van der Waals surface area contributed by atoms with Gasteiger partial charge in [-0.25, -0.2) is 4.79 Å². The zero-order chi connectivity index (χ0) is 15.7. The molecule has 8 nitrogen and oxygen atoms in total. The van der Waals surface area contributed by atoms with Gasteiger partial charge in [-0.05, 0) is 12.1 Å². The van der Waals surface area contributed by atoms with E-state index in [2.05, 4.69) is 15.6 Å². The first-order valence-corrected chi connectivity index (χ1v) is 6.27. The molecule has 0 saturated carbocycles. The number of carbonyl (C=O) groups is 3. The van der Waals surface area contributed by atoms with Crippen LogP contribution >= 0.6 is 0 Å². The molecule has 0 saturated heterocycles. The second-order valence-electron chi connectivity index (χ2n) is 4.09. The maximum absolute atomic E-state index is 11.7. The van der Waals surface area contributed by atoms with Crippen molar-refractivity contribution in [3.63, 3.8) is 0 Å². The van der Waals surface area contributed by atoms with Crippen LogP contribution in [0.25, 0.3) is 0 Å². The van der Waals surface area contributed by atoms with Gasteiger partial charge in [0.15, 0.2) is 0 Å². The van der Waals surface area contributed by atoms with Gasteiger partial charge < -0.3 is 20.5 Å². The minimum Gasteiger partial charge on any atom is -0.478 e. The average molecular weight is 295 g/mol. The van der Waals surface area contributed by atoms with Gasteiger partial charge in [0.25, 0.3) is 5.91 Å². The van der Waals surface area contributed by atoms with Crippen LogP contribution in [0.3, 0.4) is 0 Å². The van der Waals surface area contributed by atoms with Crippen LogP contribution in [0.4, 0.5) is 0 Å². The number of nitrogens with one attached hydrogen (secondary N) is 2. The summed E-state index contributed by atoms with van der Waals surface area (Å²) in [5.74, 6) is -1.76. The normalized spacial score (nSPS) is 9.95. The van der Waals surface area contributed by atoms with Gasteiger partial charge in [0.05, 0.1) is 12.2 Å². The lowest BCUT2D eigenvalue weighted by molar-refractivity contribution is -0.121. The number of hydrogen-bond donors (Lipinski definition) is 3. The molecule has 0 aliphatic heterocycles. The SMILES string of the molecule is COCCNC(=O)CCNC(=O)c1ccc(C(=O)O)cn1. The van der Waals surface area contributed by atoms with E-state index in [-0.39, 0.29) is 30.1 Å². The Morgan fingerprint density at radius 3 is 2.57 bits per heavy atom. The zero-order valence-corrected chi connectivity index (χ0v) is 11.6. The van der Waals surface area contributed by atoms with E-state index in [9.17, 15) is 14.4 Å². The number of amides is 2. The number of aromatic carboxylic acids is 1. The van der Waals surface area contributed by atoms with Crippen molar-refractivity contribution in [3.8, 4) is 0 Å². The summed E-state index contributed by atoms with van der Waals surface area (Å²) in [6.45, 7) is 1.01. The highest BCUT2D eigenvalue weighted by Gasteiger charge is 2.09. The number of hydrogen-bond acceptors (Lipinski definition) is 5. The minimum absolute atomic E-state index is 0.00377. The molecule has 0 bridgehead atoms. The van der Waals surface area contributed by atoms with Gasteiger partial charge in [-0.2, -0.15) is 0 Å². The van der Waals surface area contributed by atoms with Crippen LogP contribution in [0.15, 0.2) is 18.3 Å². The lowest BCUT2D eigenvalue weighted by Gasteiger charge is -2.06. The van der Waals surface area contributed by atoms with Gasteiger partial charge in [-0.3, -0.25) is 14.6 Å². The average Bonchev–Trinajstić information content (AvgIpc) is 2.47. The first kappa shape index (κ1) is 16.6. The van der Waals surface area contributed by atoms with Crippen LogP contribution in [0.2, 0.25) is 0 Å². The smallest absolute Gasteiger partial charge is 0.337 e. The molecule has 114 valence electrons. The van der Waals surface area contributed by atoms with Crippen molar-refractivity contribution in [2.24, 2.45) is 0 Å². The van der Waals surface area contributed by atoms with Crippen molar-refractivity contribution >= 4 is 17.8 Å². The predicted molar refractivity (Wildman–Crippen MR) is 73.0 cm³/mol. The number of ether oxygens (including phenoxy) is 1. The number of carbonyl (C=O) groups excluding carboxylic acids is 2. The summed E-state index contributed by atoms with van der Waals surface area (Å²) >= 11 is 0. The van der Waals surface area contributed by atoms with Gasteiger partial charge in [0.1, 0.15) is 5.69 Å². The quantitative estimate of drug-likeness (QED) is 0.565. The largest absolute Gasteiger partial charge is 0.478 e. The van der Waals surface area contributed by atoms with Crippen molar-refractivity contribution in [2.45, 2.75) is 6.42 Å². The van der Waals surface area contributed by atoms with E-state index in [1.807, 2.05) is 0 Å². The summed E-state index contributed by atoms with van der Waals surface area (Å²) in [5.41, 5.74) is 0.101. The summed E-state index contributed by atoms with van der Waals surface area (Å²) < 4.78 is 4.78. The summed E-state index contributed by atoms with van der Waals surface area (Å²) in [6, 6.07) is 2.61. The highest BCUT2D eigenvalue weighted by Crippen LogP contribution is 2.00. The maximum atomic E-state index is 11.7. The van der Waals surface area contributed by atoms with Crippen molar-refractivity contribution in [2.75, 3.05) is 26.8 Å². The summed E-state index contributed by atoms with van der Waals surface area (Å²) in [5, 5.41) is 13.9. The van der Waals surface area contributed by atoms with E-state index < -0.39 is 11.9 Å². The second-order valence-corrected chi connectivity index (χ2v) is 4.09. The van der Waals surface area contributed by atoms with Crippen molar-refractivity contribution in [1.29, 1.82) is 0 Å². The monoisotopic (exact) mass is 295 g/mol. The second kappa shape index (κ2) is 8.64. The lowest BCUT2D eigenvalue weighted by Crippen LogP contribution is -2.32. The van der Waals surface area contributed by atoms with E-state index >= 15 is 0 Å². The Bertz CT molecular complexity index is 501. The summed E-state index contributed by atoms with van der Waals surface area (Å²) in [6.07, 6.45) is 1.25. The molecule has 1 heterocycles. The number of rotatable bonds is 8. The van der Waals surface area contributed by atoms with E-state index in [1.54, 1.807) is 0 Å². The van der Waals surface area contributed by atoms with Crippen LogP contribution < -0.4 is 10.6 Å². The number of pyridine rings is 1. The number of carboxylic acids is 1. The molecule has 1 aromatic heterocycles. The summed E-state index contributed by atoms with van der Waals surface area (Å²) in [4.78, 5) is 37.4. The van der Waals surface area contributed by atoms with Gasteiger partial charge in [0, 0.05) is 32.8 Å². The fourth-order valence-electron chi connectivity index (χ4n) is 1.42. The van der Waals surface area contributed by atoms with E-state index in [0.717, 1.165) is 6.20 Å². The Kier molecular flexibility index (Phi) is 6.82. The highest BCUT2D eigenvalue weighted by molar-refractivity contribution is 5.93. The topological polar surface area (TPSA) is 118 Å².